The molecule has 2 nitrogen and oxygen atoms in total. The molecule has 0 aromatic heterocycles. The van der Waals surface area contributed by atoms with Gasteiger partial charge in [0, 0.05) is 12.1 Å². The average Bonchev–Trinajstić information content (AvgIpc) is 2.09. The first-order valence-corrected chi connectivity index (χ1v) is 5.47. The van der Waals surface area contributed by atoms with Crippen LogP contribution in [0, 0.1) is 5.92 Å². The second-order valence-corrected chi connectivity index (χ2v) is 5.04. The molecule has 0 aromatic rings. The zero-order valence-electron chi connectivity index (χ0n) is 10.2. The molecule has 0 heterocycles. The summed E-state index contributed by atoms with van der Waals surface area (Å²) in [6.45, 7) is 15.6. The van der Waals surface area contributed by atoms with E-state index in [1.165, 1.54) is 6.42 Å². The van der Waals surface area contributed by atoms with Crippen LogP contribution >= 0.6 is 0 Å². The summed E-state index contributed by atoms with van der Waals surface area (Å²) >= 11 is 0. The molecule has 84 valence electrons. The van der Waals surface area contributed by atoms with E-state index in [2.05, 4.69) is 39.2 Å². The van der Waals surface area contributed by atoms with Crippen LogP contribution in [0.25, 0.3) is 0 Å². The molecule has 2 heteroatoms. The molecule has 0 aliphatic heterocycles. The lowest BCUT2D eigenvalue weighted by atomic mass is 10.0. The van der Waals surface area contributed by atoms with E-state index in [1.54, 1.807) is 0 Å². The highest BCUT2D eigenvalue weighted by Crippen LogP contribution is 2.14. The quantitative estimate of drug-likeness (QED) is 0.663. The normalized spacial score (nSPS) is 14.4. The van der Waals surface area contributed by atoms with Crippen molar-refractivity contribution in [3.8, 4) is 0 Å². The molecule has 0 saturated carbocycles. The Morgan fingerprint density at radius 1 is 1.43 bits per heavy atom. The maximum absolute atomic E-state index is 5.60. The van der Waals surface area contributed by atoms with Gasteiger partial charge in [-0.3, -0.25) is 4.90 Å². The van der Waals surface area contributed by atoms with E-state index >= 15 is 0 Å². The van der Waals surface area contributed by atoms with Crippen molar-refractivity contribution >= 4 is 0 Å². The van der Waals surface area contributed by atoms with E-state index in [0.717, 1.165) is 19.6 Å². The van der Waals surface area contributed by atoms with Gasteiger partial charge < -0.3 is 5.73 Å². The second kappa shape index (κ2) is 6.20. The van der Waals surface area contributed by atoms with Crippen molar-refractivity contribution in [2.24, 2.45) is 11.7 Å². The van der Waals surface area contributed by atoms with Gasteiger partial charge in [-0.1, -0.05) is 13.0 Å². The lowest BCUT2D eigenvalue weighted by molar-refractivity contribution is 0.145. The minimum absolute atomic E-state index is 0.225. The third-order valence-corrected chi connectivity index (χ3v) is 2.59. The van der Waals surface area contributed by atoms with E-state index in [0.29, 0.717) is 5.92 Å². The standard InChI is InChI=1S/C12H26N2/c1-6-8-14(12(3,4)5)9-7-11(2)10-13/h6,11H,1,7-10,13H2,2-5H3. The number of hydrogen-bond acceptors (Lipinski definition) is 2. The van der Waals surface area contributed by atoms with Crippen LogP contribution in [0.15, 0.2) is 12.7 Å². The molecule has 2 N–H and O–H groups in total. The maximum Gasteiger partial charge on any atom is 0.0165 e. The van der Waals surface area contributed by atoms with Gasteiger partial charge in [-0.15, -0.1) is 6.58 Å². The van der Waals surface area contributed by atoms with Gasteiger partial charge in [0.15, 0.2) is 0 Å². The molecule has 0 radical (unpaired) electrons. The van der Waals surface area contributed by atoms with Crippen LogP contribution in [0.4, 0.5) is 0 Å². The van der Waals surface area contributed by atoms with Crippen molar-refractivity contribution < 1.29 is 0 Å². The third-order valence-electron chi connectivity index (χ3n) is 2.59. The highest BCUT2D eigenvalue weighted by Gasteiger charge is 2.19. The van der Waals surface area contributed by atoms with E-state index in [-0.39, 0.29) is 5.54 Å². The molecule has 0 aliphatic carbocycles. The molecular weight excluding hydrogens is 172 g/mol. The van der Waals surface area contributed by atoms with E-state index in [1.807, 2.05) is 6.08 Å². The molecule has 1 unspecified atom stereocenters. The summed E-state index contributed by atoms with van der Waals surface area (Å²) in [5.74, 6) is 0.615. The van der Waals surface area contributed by atoms with Crippen LogP contribution in [0.5, 0.6) is 0 Å². The topological polar surface area (TPSA) is 29.3 Å². The van der Waals surface area contributed by atoms with Crippen LogP contribution in [0.2, 0.25) is 0 Å². The predicted molar refractivity (Wildman–Crippen MR) is 64.4 cm³/mol. The molecule has 1 atom stereocenters. The van der Waals surface area contributed by atoms with Gasteiger partial charge >= 0.3 is 0 Å². The number of nitrogens with two attached hydrogens (primary N) is 1. The summed E-state index contributed by atoms with van der Waals surface area (Å²) in [6.07, 6.45) is 3.14. The van der Waals surface area contributed by atoms with Gasteiger partial charge in [-0.25, -0.2) is 0 Å². The molecule has 0 fully saturated rings. The van der Waals surface area contributed by atoms with E-state index in [9.17, 15) is 0 Å². The molecule has 0 amide bonds. The van der Waals surface area contributed by atoms with Crippen molar-refractivity contribution in [3.63, 3.8) is 0 Å². The minimum atomic E-state index is 0.225. The van der Waals surface area contributed by atoms with Crippen molar-refractivity contribution in [2.45, 2.75) is 39.7 Å². The Kier molecular flexibility index (Phi) is 6.05. The summed E-state index contributed by atoms with van der Waals surface area (Å²) in [5.41, 5.74) is 5.83. The first-order valence-electron chi connectivity index (χ1n) is 5.47. The fraction of sp³-hybridized carbons (Fsp3) is 0.833. The Bertz CT molecular complexity index is 158. The van der Waals surface area contributed by atoms with E-state index < -0.39 is 0 Å². The van der Waals surface area contributed by atoms with Crippen molar-refractivity contribution in [3.05, 3.63) is 12.7 Å². The molecule has 0 spiro atoms. The molecule has 0 rings (SSSR count). The Morgan fingerprint density at radius 3 is 2.36 bits per heavy atom. The zero-order valence-corrected chi connectivity index (χ0v) is 10.2. The SMILES string of the molecule is C=CCN(CCC(C)CN)C(C)(C)C. The first kappa shape index (κ1) is 13.7. The Labute approximate surface area is 89.2 Å². The highest BCUT2D eigenvalue weighted by molar-refractivity contribution is 4.83. The molecule has 0 saturated heterocycles. The summed E-state index contributed by atoms with van der Waals surface area (Å²) in [7, 11) is 0. The van der Waals surface area contributed by atoms with Crippen LogP contribution in [0.1, 0.15) is 34.1 Å². The molecular formula is C12H26N2. The minimum Gasteiger partial charge on any atom is -0.330 e. The largest absolute Gasteiger partial charge is 0.330 e. The fourth-order valence-corrected chi connectivity index (χ4v) is 1.35. The lowest BCUT2D eigenvalue weighted by Gasteiger charge is -2.35. The van der Waals surface area contributed by atoms with Gasteiger partial charge in [-0.2, -0.15) is 0 Å². The van der Waals surface area contributed by atoms with Crippen LogP contribution in [0.3, 0.4) is 0 Å². The van der Waals surface area contributed by atoms with Crippen LogP contribution in [-0.2, 0) is 0 Å². The van der Waals surface area contributed by atoms with Crippen LogP contribution < -0.4 is 5.73 Å². The molecule has 0 bridgehead atoms. The smallest absolute Gasteiger partial charge is 0.0165 e. The van der Waals surface area contributed by atoms with Crippen LogP contribution in [-0.4, -0.2) is 30.1 Å². The maximum atomic E-state index is 5.60. The van der Waals surface area contributed by atoms with Crippen molar-refractivity contribution in [2.75, 3.05) is 19.6 Å². The van der Waals surface area contributed by atoms with Gasteiger partial charge in [-0.05, 0) is 46.2 Å². The number of rotatable bonds is 6. The Morgan fingerprint density at radius 2 is 2.00 bits per heavy atom. The van der Waals surface area contributed by atoms with E-state index in [4.69, 9.17) is 5.73 Å². The molecule has 14 heavy (non-hydrogen) atoms. The fourth-order valence-electron chi connectivity index (χ4n) is 1.35. The zero-order chi connectivity index (χ0) is 11.2. The molecule has 0 aromatic carbocycles. The summed E-state index contributed by atoms with van der Waals surface area (Å²) in [4.78, 5) is 2.44. The first-order chi connectivity index (χ1) is 6.41. The van der Waals surface area contributed by atoms with Gasteiger partial charge in [0.25, 0.3) is 0 Å². The van der Waals surface area contributed by atoms with Crippen molar-refractivity contribution in [1.82, 2.24) is 4.90 Å². The Hall–Kier alpha value is -0.340. The van der Waals surface area contributed by atoms with Crippen molar-refractivity contribution in [1.29, 1.82) is 0 Å². The summed E-state index contributed by atoms with van der Waals surface area (Å²) in [5, 5.41) is 0. The lowest BCUT2D eigenvalue weighted by Crippen LogP contribution is -2.42. The third kappa shape index (κ3) is 5.40. The van der Waals surface area contributed by atoms with Gasteiger partial charge in [0.05, 0.1) is 0 Å². The van der Waals surface area contributed by atoms with Gasteiger partial charge in [0.2, 0.25) is 0 Å². The predicted octanol–water partition coefficient (Wildman–Crippen LogP) is 2.26. The van der Waals surface area contributed by atoms with Gasteiger partial charge in [0.1, 0.15) is 0 Å². The highest BCUT2D eigenvalue weighted by atomic mass is 15.2. The summed E-state index contributed by atoms with van der Waals surface area (Å²) in [6, 6.07) is 0. The second-order valence-electron chi connectivity index (χ2n) is 5.04. The molecule has 0 aliphatic rings. The average molecular weight is 198 g/mol. The number of nitrogens with zero attached hydrogens (tertiary/aromatic N) is 1. The number of hydrogen-bond donors (Lipinski definition) is 1. The Balaban J connectivity index is 4.04. The monoisotopic (exact) mass is 198 g/mol. The summed E-state index contributed by atoms with van der Waals surface area (Å²) < 4.78 is 0.